The molecule has 1 heterocycles. The predicted molar refractivity (Wildman–Crippen MR) is 103 cm³/mol. The van der Waals surface area contributed by atoms with E-state index in [-0.39, 0.29) is 24.0 Å². The summed E-state index contributed by atoms with van der Waals surface area (Å²) in [6.45, 7) is 2.14. The number of rotatable bonds is 5. The third-order valence-electron chi connectivity index (χ3n) is 6.82. The highest BCUT2D eigenvalue weighted by Crippen LogP contribution is 2.38. The highest BCUT2D eigenvalue weighted by atomic mass is 16.3. The second-order valence-corrected chi connectivity index (χ2v) is 8.53. The molecule has 26 heavy (non-hydrogen) atoms. The number of carbonyl (C=O) groups excluding carboxylic acids is 1. The van der Waals surface area contributed by atoms with Gasteiger partial charge in [-0.1, -0.05) is 43.2 Å². The molecule has 1 saturated heterocycles. The van der Waals surface area contributed by atoms with Gasteiger partial charge in [0.15, 0.2) is 0 Å². The van der Waals surface area contributed by atoms with E-state index in [9.17, 15) is 9.90 Å². The maximum atomic E-state index is 12.9. The monoisotopic (exact) mass is 356 g/mol. The molecular weight excluding hydrogens is 324 g/mol. The Kier molecular flexibility index (Phi) is 5.60. The number of aliphatic hydroxyl groups is 1. The lowest BCUT2D eigenvalue weighted by Gasteiger charge is -2.40. The molecule has 3 fully saturated rings. The van der Waals surface area contributed by atoms with Crippen LogP contribution < -0.4 is 5.32 Å². The number of nitrogens with zero attached hydrogens (tertiary/aromatic N) is 1. The van der Waals surface area contributed by atoms with Gasteiger partial charge in [-0.3, -0.25) is 4.79 Å². The number of benzene rings is 1. The Morgan fingerprint density at radius 1 is 1.04 bits per heavy atom. The minimum absolute atomic E-state index is 0.0416. The molecule has 0 bridgehead atoms. The first kappa shape index (κ1) is 18.0. The Morgan fingerprint density at radius 2 is 1.69 bits per heavy atom. The zero-order valence-corrected chi connectivity index (χ0v) is 15.6. The third kappa shape index (κ3) is 3.96. The summed E-state index contributed by atoms with van der Waals surface area (Å²) >= 11 is 0. The molecule has 1 aliphatic heterocycles. The van der Waals surface area contributed by atoms with Gasteiger partial charge in [0.05, 0.1) is 12.1 Å². The van der Waals surface area contributed by atoms with Gasteiger partial charge in [0.2, 0.25) is 5.91 Å². The Labute approximate surface area is 157 Å². The summed E-state index contributed by atoms with van der Waals surface area (Å²) in [4.78, 5) is 15.6. The summed E-state index contributed by atoms with van der Waals surface area (Å²) in [6, 6.07) is 11.1. The van der Waals surface area contributed by atoms with Crippen LogP contribution in [0.3, 0.4) is 0 Å². The van der Waals surface area contributed by atoms with Gasteiger partial charge in [-0.15, -0.1) is 0 Å². The van der Waals surface area contributed by atoms with Crippen molar-refractivity contribution < 1.29 is 9.90 Å². The predicted octanol–water partition coefficient (Wildman–Crippen LogP) is 3.27. The summed E-state index contributed by atoms with van der Waals surface area (Å²) in [7, 11) is 0. The molecule has 0 spiro atoms. The van der Waals surface area contributed by atoms with E-state index in [2.05, 4.69) is 22.3 Å². The van der Waals surface area contributed by atoms with Crippen LogP contribution in [0.1, 0.15) is 63.0 Å². The lowest BCUT2D eigenvalue weighted by molar-refractivity contribution is -0.128. The Morgan fingerprint density at radius 3 is 2.31 bits per heavy atom. The molecule has 1 aromatic carbocycles. The molecule has 0 radical (unpaired) electrons. The molecule has 1 aromatic rings. The van der Waals surface area contributed by atoms with E-state index >= 15 is 0 Å². The van der Waals surface area contributed by atoms with E-state index in [0.717, 1.165) is 44.8 Å². The van der Waals surface area contributed by atoms with Crippen LogP contribution in [-0.2, 0) is 4.79 Å². The van der Waals surface area contributed by atoms with Crippen molar-refractivity contribution in [1.29, 1.82) is 0 Å². The van der Waals surface area contributed by atoms with E-state index in [1.54, 1.807) is 0 Å². The molecule has 4 nitrogen and oxygen atoms in total. The molecule has 1 amide bonds. The zero-order chi connectivity index (χ0) is 17.9. The van der Waals surface area contributed by atoms with Gasteiger partial charge in [-0.2, -0.15) is 0 Å². The first-order valence-electron chi connectivity index (χ1n) is 10.5. The molecule has 0 aromatic heterocycles. The highest BCUT2D eigenvalue weighted by molar-refractivity contribution is 5.79. The number of piperidine rings is 1. The first-order chi connectivity index (χ1) is 12.7. The van der Waals surface area contributed by atoms with Crippen LogP contribution in [-0.4, -0.2) is 41.1 Å². The van der Waals surface area contributed by atoms with Crippen molar-refractivity contribution in [1.82, 2.24) is 10.2 Å². The second kappa shape index (κ2) is 8.10. The second-order valence-electron chi connectivity index (χ2n) is 8.53. The highest BCUT2D eigenvalue weighted by Gasteiger charge is 2.37. The van der Waals surface area contributed by atoms with E-state index in [1.807, 2.05) is 18.2 Å². The van der Waals surface area contributed by atoms with Gasteiger partial charge in [0, 0.05) is 12.0 Å². The van der Waals surface area contributed by atoms with Crippen molar-refractivity contribution >= 4 is 5.91 Å². The van der Waals surface area contributed by atoms with Crippen molar-refractivity contribution in [3.8, 4) is 0 Å². The average molecular weight is 357 g/mol. The normalized spacial score (nSPS) is 29.3. The lowest BCUT2D eigenvalue weighted by Crippen LogP contribution is -2.47. The van der Waals surface area contributed by atoms with E-state index in [1.165, 1.54) is 31.2 Å². The molecule has 4 rings (SSSR count). The van der Waals surface area contributed by atoms with Crippen LogP contribution >= 0.6 is 0 Å². The fourth-order valence-corrected chi connectivity index (χ4v) is 5.10. The molecule has 1 atom stereocenters. The van der Waals surface area contributed by atoms with Crippen molar-refractivity contribution in [2.75, 3.05) is 13.1 Å². The largest absolute Gasteiger partial charge is 0.393 e. The van der Waals surface area contributed by atoms with Crippen LogP contribution in [0.2, 0.25) is 0 Å². The minimum atomic E-state index is -0.197. The summed E-state index contributed by atoms with van der Waals surface area (Å²) in [5.41, 5.74) is 1.17. The van der Waals surface area contributed by atoms with Gasteiger partial charge in [0.25, 0.3) is 0 Å². The van der Waals surface area contributed by atoms with Gasteiger partial charge in [-0.25, -0.2) is 0 Å². The number of aliphatic hydroxyl groups excluding tert-OH is 1. The summed E-state index contributed by atoms with van der Waals surface area (Å²) < 4.78 is 0. The van der Waals surface area contributed by atoms with Gasteiger partial charge in [-0.05, 0) is 63.1 Å². The smallest absolute Gasteiger partial charge is 0.223 e. The first-order valence-corrected chi connectivity index (χ1v) is 10.5. The number of amides is 1. The van der Waals surface area contributed by atoms with Crippen molar-refractivity contribution in [3.63, 3.8) is 0 Å². The third-order valence-corrected chi connectivity index (χ3v) is 6.82. The van der Waals surface area contributed by atoms with Crippen LogP contribution in [0.25, 0.3) is 0 Å². The summed E-state index contributed by atoms with van der Waals surface area (Å²) in [5, 5.41) is 13.1. The number of nitrogens with one attached hydrogen (secondary N) is 1. The Balaban J connectivity index is 1.34. The quantitative estimate of drug-likeness (QED) is 0.851. The van der Waals surface area contributed by atoms with Crippen molar-refractivity contribution in [2.45, 2.75) is 69.6 Å². The summed E-state index contributed by atoms with van der Waals surface area (Å²) in [5.74, 6) is 0.713. The van der Waals surface area contributed by atoms with Crippen molar-refractivity contribution in [3.05, 3.63) is 35.9 Å². The van der Waals surface area contributed by atoms with Crippen LogP contribution in [0.5, 0.6) is 0 Å². The average Bonchev–Trinajstić information content (AvgIpc) is 3.19. The molecule has 0 unspecified atom stereocenters. The molecule has 4 heteroatoms. The van der Waals surface area contributed by atoms with Crippen molar-refractivity contribution in [2.24, 2.45) is 11.8 Å². The molecule has 2 aliphatic carbocycles. The number of likely N-dealkylation sites (tertiary alicyclic amines) is 1. The molecule has 2 saturated carbocycles. The lowest BCUT2D eigenvalue weighted by atomic mass is 9.75. The number of hydrogen-bond acceptors (Lipinski definition) is 3. The van der Waals surface area contributed by atoms with Gasteiger partial charge < -0.3 is 15.3 Å². The van der Waals surface area contributed by atoms with Gasteiger partial charge in [0.1, 0.15) is 0 Å². The SMILES string of the molecule is O=C(N[C@H](c1ccccc1)C1CC(O)C1)C1CCN(C2CCCC2)CC1. The minimum Gasteiger partial charge on any atom is -0.393 e. The van der Waals surface area contributed by atoms with Crippen LogP contribution in [0, 0.1) is 11.8 Å². The fourth-order valence-electron chi connectivity index (χ4n) is 5.10. The fraction of sp³-hybridized carbons (Fsp3) is 0.682. The summed E-state index contributed by atoms with van der Waals surface area (Å²) in [6.07, 6.45) is 8.79. The number of hydrogen-bond donors (Lipinski definition) is 2. The van der Waals surface area contributed by atoms with Crippen LogP contribution in [0.4, 0.5) is 0 Å². The number of carbonyl (C=O) groups is 1. The topological polar surface area (TPSA) is 52.6 Å². The van der Waals surface area contributed by atoms with Gasteiger partial charge >= 0.3 is 0 Å². The standard InChI is InChI=1S/C22H32N2O2/c25-20-14-18(15-20)21(16-6-2-1-3-7-16)23-22(26)17-10-12-24(13-11-17)19-8-4-5-9-19/h1-3,6-7,17-21,25H,4-5,8-15H2,(H,23,26)/t18?,20?,21-/m1/s1. The van der Waals surface area contributed by atoms with E-state index in [0.29, 0.717) is 5.92 Å². The zero-order valence-electron chi connectivity index (χ0n) is 15.6. The van der Waals surface area contributed by atoms with E-state index < -0.39 is 0 Å². The Hall–Kier alpha value is -1.39. The van der Waals surface area contributed by atoms with Crippen LogP contribution in [0.15, 0.2) is 30.3 Å². The molecule has 142 valence electrons. The maximum absolute atomic E-state index is 12.9. The molecule has 2 N–H and O–H groups in total. The molecular formula is C22H32N2O2. The Bertz CT molecular complexity index is 585. The maximum Gasteiger partial charge on any atom is 0.223 e. The van der Waals surface area contributed by atoms with E-state index in [4.69, 9.17) is 0 Å². The molecule has 3 aliphatic rings.